The van der Waals surface area contributed by atoms with Crippen molar-refractivity contribution in [3.05, 3.63) is 35.9 Å². The average Bonchev–Trinajstić information content (AvgIpc) is 2.76. The van der Waals surface area contributed by atoms with Crippen LogP contribution in [0.25, 0.3) is 5.70 Å². The first-order valence-electron chi connectivity index (χ1n) is 11.0. The number of amides is 2. The van der Waals surface area contributed by atoms with Crippen LogP contribution in [0.3, 0.4) is 0 Å². The second-order valence-corrected chi connectivity index (χ2v) is 8.21. The Kier molecular flexibility index (Phi) is 8.13. The van der Waals surface area contributed by atoms with Gasteiger partial charge in [-0.25, -0.2) is 0 Å². The number of methoxy groups -OCH3 is 1. The Morgan fingerprint density at radius 3 is 2.80 bits per heavy atom. The molecule has 7 nitrogen and oxygen atoms in total. The monoisotopic (exact) mass is 414 g/mol. The van der Waals surface area contributed by atoms with E-state index in [4.69, 9.17) is 4.74 Å². The van der Waals surface area contributed by atoms with E-state index in [1.807, 2.05) is 30.3 Å². The molecule has 1 atom stereocenters. The van der Waals surface area contributed by atoms with E-state index in [1.54, 1.807) is 7.11 Å². The van der Waals surface area contributed by atoms with Gasteiger partial charge in [-0.3, -0.25) is 20.0 Å². The highest BCUT2D eigenvalue weighted by Crippen LogP contribution is 2.20. The van der Waals surface area contributed by atoms with Crippen LogP contribution in [-0.2, 0) is 9.59 Å². The molecule has 0 bridgehead atoms. The van der Waals surface area contributed by atoms with Crippen molar-refractivity contribution in [2.45, 2.75) is 39.0 Å². The topological polar surface area (TPSA) is 73.9 Å². The summed E-state index contributed by atoms with van der Waals surface area (Å²) in [4.78, 5) is 26.9. The quantitative estimate of drug-likeness (QED) is 0.607. The SMILES string of the molecule is COc1ccc(C2=CCC(=O)N(CCC(=O)NCCCN3CCCC(C)C3)N2)cc1. The molecule has 1 saturated heterocycles. The smallest absolute Gasteiger partial charge is 0.244 e. The fraction of sp³-hybridized carbons (Fsp3) is 0.565. The van der Waals surface area contributed by atoms with Crippen LogP contribution in [0.2, 0.25) is 0 Å². The molecular formula is C23H34N4O3. The molecular weight excluding hydrogens is 380 g/mol. The Hall–Kier alpha value is -2.54. The molecule has 0 aromatic heterocycles. The summed E-state index contributed by atoms with van der Waals surface area (Å²) in [5.41, 5.74) is 4.99. The van der Waals surface area contributed by atoms with Crippen LogP contribution in [0.5, 0.6) is 5.75 Å². The van der Waals surface area contributed by atoms with Gasteiger partial charge in [0.15, 0.2) is 0 Å². The van der Waals surface area contributed by atoms with Crippen LogP contribution >= 0.6 is 0 Å². The van der Waals surface area contributed by atoms with Crippen molar-refractivity contribution in [3.63, 3.8) is 0 Å². The lowest BCUT2D eigenvalue weighted by Gasteiger charge is -2.30. The van der Waals surface area contributed by atoms with E-state index < -0.39 is 0 Å². The second kappa shape index (κ2) is 11.0. The molecule has 2 N–H and O–H groups in total. The van der Waals surface area contributed by atoms with E-state index >= 15 is 0 Å². The molecule has 2 amide bonds. The molecule has 164 valence electrons. The lowest BCUT2D eigenvalue weighted by atomic mass is 10.0. The van der Waals surface area contributed by atoms with Crippen molar-refractivity contribution >= 4 is 17.5 Å². The van der Waals surface area contributed by atoms with Gasteiger partial charge >= 0.3 is 0 Å². The van der Waals surface area contributed by atoms with Gasteiger partial charge in [0.2, 0.25) is 11.8 Å². The predicted molar refractivity (Wildman–Crippen MR) is 118 cm³/mol. The molecule has 2 heterocycles. The highest BCUT2D eigenvalue weighted by Gasteiger charge is 2.20. The molecule has 2 aliphatic heterocycles. The zero-order valence-electron chi connectivity index (χ0n) is 18.2. The Morgan fingerprint density at radius 2 is 2.07 bits per heavy atom. The summed E-state index contributed by atoms with van der Waals surface area (Å²) in [6.07, 6.45) is 6.05. The molecule has 0 radical (unpaired) electrons. The fourth-order valence-corrected chi connectivity index (χ4v) is 4.01. The van der Waals surface area contributed by atoms with Crippen LogP contribution in [0.1, 0.15) is 44.6 Å². The maximum absolute atomic E-state index is 12.2. The van der Waals surface area contributed by atoms with E-state index in [0.29, 0.717) is 19.5 Å². The number of hydrogen-bond donors (Lipinski definition) is 2. The maximum Gasteiger partial charge on any atom is 0.244 e. The van der Waals surface area contributed by atoms with Crippen molar-refractivity contribution < 1.29 is 14.3 Å². The third kappa shape index (κ3) is 6.49. The normalized spacial score (nSPS) is 19.8. The third-order valence-electron chi connectivity index (χ3n) is 5.72. The molecule has 1 aromatic rings. The van der Waals surface area contributed by atoms with Crippen molar-refractivity contribution in [3.8, 4) is 5.75 Å². The van der Waals surface area contributed by atoms with Gasteiger partial charge in [-0.15, -0.1) is 0 Å². The van der Waals surface area contributed by atoms with Crippen LogP contribution in [0.4, 0.5) is 0 Å². The summed E-state index contributed by atoms with van der Waals surface area (Å²) in [6.45, 7) is 6.71. The summed E-state index contributed by atoms with van der Waals surface area (Å²) in [5.74, 6) is 1.52. The number of hydrogen-bond acceptors (Lipinski definition) is 5. The minimum Gasteiger partial charge on any atom is -0.497 e. The molecule has 30 heavy (non-hydrogen) atoms. The van der Waals surface area contributed by atoms with Crippen molar-refractivity contribution in [2.75, 3.05) is 39.8 Å². The zero-order chi connectivity index (χ0) is 21.3. The lowest BCUT2D eigenvalue weighted by Crippen LogP contribution is -2.46. The first-order valence-corrected chi connectivity index (χ1v) is 11.0. The molecule has 1 unspecified atom stereocenters. The van der Waals surface area contributed by atoms with Gasteiger partial charge in [-0.1, -0.05) is 6.92 Å². The minimum absolute atomic E-state index is 0.0165. The number of carbonyl (C=O) groups excluding carboxylic acids is 2. The summed E-state index contributed by atoms with van der Waals surface area (Å²) < 4.78 is 5.19. The minimum atomic E-state index is -0.0284. The summed E-state index contributed by atoms with van der Waals surface area (Å²) in [5, 5.41) is 4.52. The Morgan fingerprint density at radius 1 is 1.27 bits per heavy atom. The number of carbonyl (C=O) groups is 2. The van der Waals surface area contributed by atoms with Crippen LogP contribution < -0.4 is 15.5 Å². The number of ether oxygens (including phenoxy) is 1. The Labute approximate surface area is 179 Å². The van der Waals surface area contributed by atoms with Crippen LogP contribution in [0.15, 0.2) is 30.3 Å². The third-order valence-corrected chi connectivity index (χ3v) is 5.72. The number of hydrazine groups is 1. The van der Waals surface area contributed by atoms with Gasteiger partial charge < -0.3 is 15.0 Å². The zero-order valence-corrected chi connectivity index (χ0v) is 18.2. The lowest BCUT2D eigenvalue weighted by molar-refractivity contribution is -0.133. The average molecular weight is 415 g/mol. The summed E-state index contributed by atoms with van der Waals surface area (Å²) in [6, 6.07) is 7.66. The van der Waals surface area contributed by atoms with Crippen molar-refractivity contribution in [1.29, 1.82) is 0 Å². The molecule has 1 aromatic carbocycles. The second-order valence-electron chi connectivity index (χ2n) is 8.21. The van der Waals surface area contributed by atoms with Crippen molar-refractivity contribution in [1.82, 2.24) is 20.7 Å². The molecule has 7 heteroatoms. The van der Waals surface area contributed by atoms with E-state index in [-0.39, 0.29) is 18.2 Å². The predicted octanol–water partition coefficient (Wildman–Crippen LogP) is 2.40. The number of benzene rings is 1. The van der Waals surface area contributed by atoms with E-state index in [2.05, 4.69) is 22.6 Å². The van der Waals surface area contributed by atoms with Gasteiger partial charge in [0.05, 0.1) is 19.4 Å². The standard InChI is InChI=1S/C23H34N4O3/c1-18-5-3-14-26(17-18)15-4-13-24-22(28)12-16-27-23(29)11-10-21(25-27)19-6-8-20(30-2)9-7-19/h6-10,18,25H,3-5,11-17H2,1-2H3,(H,24,28). The highest BCUT2D eigenvalue weighted by atomic mass is 16.5. The van der Waals surface area contributed by atoms with E-state index in [0.717, 1.165) is 35.9 Å². The maximum atomic E-state index is 12.2. The Balaban J connectivity index is 1.37. The highest BCUT2D eigenvalue weighted by molar-refractivity contribution is 5.84. The largest absolute Gasteiger partial charge is 0.497 e. The first kappa shape index (κ1) is 22.2. The number of nitrogens with zero attached hydrogens (tertiary/aromatic N) is 2. The van der Waals surface area contributed by atoms with Gasteiger partial charge in [-0.05, 0) is 74.2 Å². The van der Waals surface area contributed by atoms with Crippen LogP contribution in [0, 0.1) is 5.92 Å². The van der Waals surface area contributed by atoms with Crippen molar-refractivity contribution in [2.24, 2.45) is 5.92 Å². The van der Waals surface area contributed by atoms with Gasteiger partial charge in [-0.2, -0.15) is 0 Å². The summed E-state index contributed by atoms with van der Waals surface area (Å²) >= 11 is 0. The number of likely N-dealkylation sites (tertiary alicyclic amines) is 1. The molecule has 1 fully saturated rings. The molecule has 2 aliphatic rings. The number of nitrogens with one attached hydrogen (secondary N) is 2. The number of piperidine rings is 1. The van der Waals surface area contributed by atoms with E-state index in [9.17, 15) is 9.59 Å². The molecule has 0 aliphatic carbocycles. The van der Waals surface area contributed by atoms with Gasteiger partial charge in [0, 0.05) is 25.9 Å². The number of rotatable bonds is 9. The van der Waals surface area contributed by atoms with Gasteiger partial charge in [0.25, 0.3) is 0 Å². The molecule has 0 spiro atoms. The van der Waals surface area contributed by atoms with Gasteiger partial charge in [0.1, 0.15) is 5.75 Å². The summed E-state index contributed by atoms with van der Waals surface area (Å²) in [7, 11) is 1.63. The molecule has 0 saturated carbocycles. The Bertz CT molecular complexity index is 747. The first-order chi connectivity index (χ1) is 14.5. The van der Waals surface area contributed by atoms with E-state index in [1.165, 1.54) is 30.9 Å². The van der Waals surface area contributed by atoms with Crippen LogP contribution in [-0.4, -0.2) is 61.6 Å². The fourth-order valence-electron chi connectivity index (χ4n) is 4.01. The molecule has 3 rings (SSSR count).